The van der Waals surface area contributed by atoms with Crippen molar-refractivity contribution in [1.82, 2.24) is 24.8 Å². The summed E-state index contributed by atoms with van der Waals surface area (Å²) < 4.78 is 13.4. The van der Waals surface area contributed by atoms with Crippen molar-refractivity contribution in [3.05, 3.63) is 59.7 Å². The first-order valence-corrected chi connectivity index (χ1v) is 10.2. The minimum absolute atomic E-state index is 0.0144. The summed E-state index contributed by atoms with van der Waals surface area (Å²) >= 11 is 5.87. The summed E-state index contributed by atoms with van der Waals surface area (Å²) in [7, 11) is 0. The highest BCUT2D eigenvalue weighted by molar-refractivity contribution is 6.31. The zero-order valence-corrected chi connectivity index (χ0v) is 17.4. The zero-order chi connectivity index (χ0) is 21.8. The van der Waals surface area contributed by atoms with Crippen LogP contribution in [-0.2, 0) is 11.3 Å². The standard InChI is InChI=1S/C21H21ClFN7O/c22-17-7-15(1-2-18(17)23)28-21-27-10-16(14-8-25-12-26-9-14)19(29-21)11-30-5-3-13(4-6-30)20(24)31/h1-2,7-10,12-13H,3-6,11H2,(H2,24,31)(H,27,28,29). The smallest absolute Gasteiger partial charge is 0.227 e. The van der Waals surface area contributed by atoms with Crippen molar-refractivity contribution in [2.45, 2.75) is 19.4 Å². The number of rotatable bonds is 6. The van der Waals surface area contributed by atoms with Gasteiger partial charge in [0.1, 0.15) is 12.1 Å². The van der Waals surface area contributed by atoms with Gasteiger partial charge >= 0.3 is 0 Å². The van der Waals surface area contributed by atoms with Crippen LogP contribution in [0, 0.1) is 11.7 Å². The number of nitrogens with zero attached hydrogens (tertiary/aromatic N) is 5. The van der Waals surface area contributed by atoms with E-state index in [1.54, 1.807) is 24.7 Å². The fraction of sp³-hybridized carbons (Fsp3) is 0.286. The van der Waals surface area contributed by atoms with Gasteiger partial charge in [-0.15, -0.1) is 0 Å². The first-order chi connectivity index (χ1) is 15.0. The van der Waals surface area contributed by atoms with Gasteiger partial charge in [0.25, 0.3) is 0 Å². The van der Waals surface area contributed by atoms with Crippen LogP contribution in [0.25, 0.3) is 11.1 Å². The van der Waals surface area contributed by atoms with E-state index in [0.29, 0.717) is 18.2 Å². The second-order valence-corrected chi connectivity index (χ2v) is 7.80. The minimum atomic E-state index is -0.493. The summed E-state index contributed by atoms with van der Waals surface area (Å²) in [5, 5.41) is 3.08. The molecule has 10 heteroatoms. The summed E-state index contributed by atoms with van der Waals surface area (Å²) in [4.78, 5) is 31.0. The van der Waals surface area contributed by atoms with Crippen molar-refractivity contribution in [1.29, 1.82) is 0 Å². The predicted octanol–water partition coefficient (Wildman–Crippen LogP) is 3.17. The Bertz CT molecular complexity index is 1070. The van der Waals surface area contributed by atoms with Gasteiger partial charge in [-0.1, -0.05) is 11.6 Å². The molecule has 0 saturated carbocycles. The van der Waals surface area contributed by atoms with Gasteiger partial charge in [-0.25, -0.2) is 24.3 Å². The number of halogens is 2. The number of hydrogen-bond donors (Lipinski definition) is 2. The minimum Gasteiger partial charge on any atom is -0.369 e. The molecule has 0 bridgehead atoms. The molecule has 3 N–H and O–H groups in total. The number of likely N-dealkylation sites (tertiary alicyclic amines) is 1. The highest BCUT2D eigenvalue weighted by Crippen LogP contribution is 2.27. The Morgan fingerprint density at radius 1 is 1.23 bits per heavy atom. The van der Waals surface area contributed by atoms with Crippen LogP contribution in [0.1, 0.15) is 18.5 Å². The molecular weight excluding hydrogens is 421 g/mol. The molecule has 1 amide bonds. The number of nitrogens with one attached hydrogen (secondary N) is 1. The van der Waals surface area contributed by atoms with Crippen LogP contribution in [0.2, 0.25) is 5.02 Å². The van der Waals surface area contributed by atoms with E-state index in [2.05, 4.69) is 25.2 Å². The molecule has 0 radical (unpaired) electrons. The number of carbonyl (C=O) groups is 1. The van der Waals surface area contributed by atoms with Crippen molar-refractivity contribution < 1.29 is 9.18 Å². The number of primary amides is 1. The lowest BCUT2D eigenvalue weighted by molar-refractivity contribution is -0.123. The Labute approximate surface area is 183 Å². The van der Waals surface area contributed by atoms with E-state index in [4.69, 9.17) is 22.3 Å². The molecule has 1 aromatic carbocycles. The first kappa shape index (κ1) is 21.1. The van der Waals surface area contributed by atoms with Gasteiger partial charge in [0.05, 0.1) is 10.7 Å². The van der Waals surface area contributed by atoms with E-state index in [1.165, 1.54) is 18.5 Å². The number of hydrogen-bond acceptors (Lipinski definition) is 7. The van der Waals surface area contributed by atoms with Gasteiger partial charge in [-0.2, -0.15) is 0 Å². The van der Waals surface area contributed by atoms with E-state index < -0.39 is 5.82 Å². The molecule has 0 spiro atoms. The molecule has 2 aromatic heterocycles. The summed E-state index contributed by atoms with van der Waals surface area (Å²) in [6.07, 6.45) is 8.05. The van der Waals surface area contributed by atoms with Gasteiger partial charge in [0.15, 0.2) is 0 Å². The highest BCUT2D eigenvalue weighted by atomic mass is 35.5. The number of aromatic nitrogens is 4. The van der Waals surface area contributed by atoms with Crippen molar-refractivity contribution in [3.8, 4) is 11.1 Å². The van der Waals surface area contributed by atoms with Crippen LogP contribution in [-0.4, -0.2) is 43.8 Å². The maximum Gasteiger partial charge on any atom is 0.227 e. The third-order valence-corrected chi connectivity index (χ3v) is 5.57. The lowest BCUT2D eigenvalue weighted by atomic mass is 9.96. The number of carbonyl (C=O) groups excluding carboxylic acids is 1. The fourth-order valence-electron chi connectivity index (χ4n) is 3.57. The quantitative estimate of drug-likeness (QED) is 0.604. The average Bonchev–Trinajstić information content (AvgIpc) is 2.77. The molecule has 0 atom stereocenters. The number of piperidine rings is 1. The van der Waals surface area contributed by atoms with Crippen LogP contribution in [0.15, 0.2) is 43.1 Å². The first-order valence-electron chi connectivity index (χ1n) is 9.84. The van der Waals surface area contributed by atoms with Crippen LogP contribution in [0.5, 0.6) is 0 Å². The molecule has 1 aliphatic rings. The van der Waals surface area contributed by atoms with Gasteiger partial charge in [-0.05, 0) is 44.1 Å². The Morgan fingerprint density at radius 2 is 1.97 bits per heavy atom. The molecule has 3 heterocycles. The van der Waals surface area contributed by atoms with E-state index in [9.17, 15) is 9.18 Å². The summed E-state index contributed by atoms with van der Waals surface area (Å²) in [6, 6.07) is 4.33. The SMILES string of the molecule is NC(=O)C1CCN(Cc2nc(Nc3ccc(F)c(Cl)c3)ncc2-c2cncnc2)CC1. The van der Waals surface area contributed by atoms with E-state index >= 15 is 0 Å². The number of benzene rings is 1. The van der Waals surface area contributed by atoms with E-state index in [1.807, 2.05) is 0 Å². The van der Waals surface area contributed by atoms with Crippen LogP contribution < -0.4 is 11.1 Å². The zero-order valence-electron chi connectivity index (χ0n) is 16.6. The van der Waals surface area contributed by atoms with Crippen LogP contribution in [0.4, 0.5) is 16.0 Å². The third-order valence-electron chi connectivity index (χ3n) is 5.28. The summed E-state index contributed by atoms with van der Waals surface area (Å²) in [5.74, 6) is -0.449. The Morgan fingerprint density at radius 3 is 2.65 bits per heavy atom. The fourth-order valence-corrected chi connectivity index (χ4v) is 3.75. The van der Waals surface area contributed by atoms with Gasteiger partial charge < -0.3 is 11.1 Å². The van der Waals surface area contributed by atoms with Crippen molar-refractivity contribution in [3.63, 3.8) is 0 Å². The summed E-state index contributed by atoms with van der Waals surface area (Å²) in [5.41, 5.74) is 8.44. The second kappa shape index (κ2) is 9.32. The number of nitrogens with two attached hydrogens (primary N) is 1. The normalized spacial score (nSPS) is 15.0. The molecule has 1 fully saturated rings. The van der Waals surface area contributed by atoms with Gasteiger partial charge in [0, 0.05) is 47.9 Å². The van der Waals surface area contributed by atoms with Gasteiger partial charge in [0.2, 0.25) is 11.9 Å². The molecule has 1 aliphatic heterocycles. The average molecular weight is 442 g/mol. The topological polar surface area (TPSA) is 110 Å². The Kier molecular flexibility index (Phi) is 6.34. The van der Waals surface area contributed by atoms with Crippen molar-refractivity contribution in [2.24, 2.45) is 11.7 Å². The van der Waals surface area contributed by atoms with Gasteiger partial charge in [-0.3, -0.25) is 9.69 Å². The molecule has 0 unspecified atom stereocenters. The second-order valence-electron chi connectivity index (χ2n) is 7.39. The van der Waals surface area contributed by atoms with E-state index in [0.717, 1.165) is 42.8 Å². The summed E-state index contributed by atoms with van der Waals surface area (Å²) in [6.45, 7) is 2.06. The molecule has 4 rings (SSSR count). The molecule has 31 heavy (non-hydrogen) atoms. The molecule has 1 saturated heterocycles. The number of amides is 1. The van der Waals surface area contributed by atoms with E-state index in [-0.39, 0.29) is 16.8 Å². The molecule has 0 aliphatic carbocycles. The van der Waals surface area contributed by atoms with Crippen molar-refractivity contribution >= 4 is 29.1 Å². The molecular formula is C21H21ClFN7O. The largest absolute Gasteiger partial charge is 0.369 e. The lowest BCUT2D eigenvalue weighted by Gasteiger charge is -2.30. The maximum absolute atomic E-state index is 13.4. The Hall–Kier alpha value is -3.17. The lowest BCUT2D eigenvalue weighted by Crippen LogP contribution is -2.38. The number of anilines is 2. The maximum atomic E-state index is 13.4. The Balaban J connectivity index is 1.59. The molecule has 8 nitrogen and oxygen atoms in total. The molecule has 160 valence electrons. The highest BCUT2D eigenvalue weighted by Gasteiger charge is 2.24. The monoisotopic (exact) mass is 441 g/mol. The van der Waals surface area contributed by atoms with Crippen LogP contribution >= 0.6 is 11.6 Å². The molecule has 3 aromatic rings. The van der Waals surface area contributed by atoms with Crippen molar-refractivity contribution in [2.75, 3.05) is 18.4 Å². The third kappa shape index (κ3) is 5.12. The predicted molar refractivity (Wildman–Crippen MR) is 115 cm³/mol. The van der Waals surface area contributed by atoms with Crippen LogP contribution in [0.3, 0.4) is 0 Å².